The van der Waals surface area contributed by atoms with Crippen LogP contribution in [0.3, 0.4) is 0 Å². The minimum absolute atomic E-state index is 0.00188. The minimum atomic E-state index is -0.00188. The van der Waals surface area contributed by atoms with E-state index in [2.05, 4.69) is 21.0 Å². The number of nitrogens with zero attached hydrogens (tertiary/aromatic N) is 2. The number of hydrogen-bond donors (Lipinski definition) is 0. The van der Waals surface area contributed by atoms with Gasteiger partial charge in [0.25, 0.3) is 0 Å². The van der Waals surface area contributed by atoms with E-state index < -0.39 is 0 Å². The van der Waals surface area contributed by atoms with Crippen LogP contribution in [0.25, 0.3) is 0 Å². The summed E-state index contributed by atoms with van der Waals surface area (Å²) in [6.07, 6.45) is 7.19. The predicted octanol–water partition coefficient (Wildman–Crippen LogP) is 4.84. The largest absolute Gasteiger partial charge is 0.294 e. The summed E-state index contributed by atoms with van der Waals surface area (Å²) in [5.74, 6) is -0.00188. The van der Waals surface area contributed by atoms with Crippen molar-refractivity contribution in [3.8, 4) is 0 Å². The lowest BCUT2D eigenvalue weighted by molar-refractivity contribution is 0.0991. The minimum Gasteiger partial charge on any atom is -0.294 e. The highest BCUT2D eigenvalue weighted by molar-refractivity contribution is 9.10. The van der Waals surface area contributed by atoms with E-state index >= 15 is 0 Å². The van der Waals surface area contributed by atoms with E-state index in [1.807, 2.05) is 29.1 Å². The van der Waals surface area contributed by atoms with Gasteiger partial charge in [0.05, 0.1) is 23.2 Å². The first-order chi connectivity index (χ1) is 10.1. The fraction of sp³-hybridized carbons (Fsp3) is 0.375. The summed E-state index contributed by atoms with van der Waals surface area (Å²) in [5.41, 5.74) is 1.35. The van der Waals surface area contributed by atoms with Gasteiger partial charge in [0.1, 0.15) is 0 Å². The van der Waals surface area contributed by atoms with Crippen molar-refractivity contribution < 1.29 is 4.79 Å². The molecule has 0 N–H and O–H groups in total. The molecule has 0 unspecified atom stereocenters. The number of halogens is 2. The molecule has 1 heterocycles. The Bertz CT molecular complexity index is 662. The van der Waals surface area contributed by atoms with E-state index in [-0.39, 0.29) is 12.2 Å². The molecule has 2 aromatic rings. The van der Waals surface area contributed by atoms with Gasteiger partial charge in [0.15, 0.2) is 5.78 Å². The summed E-state index contributed by atoms with van der Waals surface area (Å²) in [4.78, 5) is 12.4. The van der Waals surface area contributed by atoms with Crippen LogP contribution in [-0.2, 0) is 6.42 Å². The van der Waals surface area contributed by atoms with Crippen LogP contribution in [-0.4, -0.2) is 15.6 Å². The molecule has 1 aliphatic carbocycles. The number of carbonyl (C=O) groups excluding carboxylic acids is 1. The SMILES string of the molecule is O=C(Cc1ccn(C2CCCC2)n1)c1cccc(Br)c1Cl. The lowest BCUT2D eigenvalue weighted by Crippen LogP contribution is -2.08. The first kappa shape index (κ1) is 14.8. The quantitative estimate of drug-likeness (QED) is 0.725. The van der Waals surface area contributed by atoms with Gasteiger partial charge in [-0.2, -0.15) is 5.10 Å². The average molecular weight is 368 g/mol. The molecule has 0 spiro atoms. The van der Waals surface area contributed by atoms with Crippen molar-refractivity contribution in [2.75, 3.05) is 0 Å². The molecule has 0 amide bonds. The Balaban J connectivity index is 1.74. The van der Waals surface area contributed by atoms with Crippen LogP contribution in [0.15, 0.2) is 34.9 Å². The van der Waals surface area contributed by atoms with E-state index in [9.17, 15) is 4.79 Å². The van der Waals surface area contributed by atoms with Gasteiger partial charge >= 0.3 is 0 Å². The first-order valence-electron chi connectivity index (χ1n) is 7.16. The van der Waals surface area contributed by atoms with Crippen molar-refractivity contribution in [1.29, 1.82) is 0 Å². The fourth-order valence-corrected chi connectivity index (χ4v) is 3.42. The molecule has 1 aromatic carbocycles. The van der Waals surface area contributed by atoms with Gasteiger partial charge in [-0.3, -0.25) is 9.48 Å². The second kappa shape index (κ2) is 6.32. The Morgan fingerprint density at radius 3 is 2.86 bits per heavy atom. The average Bonchev–Trinajstić information content (AvgIpc) is 3.12. The van der Waals surface area contributed by atoms with Crippen LogP contribution < -0.4 is 0 Å². The Labute approximate surface area is 137 Å². The normalized spacial score (nSPS) is 15.5. The molecule has 1 fully saturated rings. The fourth-order valence-electron chi connectivity index (χ4n) is 2.82. The van der Waals surface area contributed by atoms with Gasteiger partial charge in [-0.05, 0) is 47.0 Å². The number of benzene rings is 1. The van der Waals surface area contributed by atoms with Crippen molar-refractivity contribution in [3.05, 3.63) is 51.2 Å². The van der Waals surface area contributed by atoms with Crippen molar-refractivity contribution >= 4 is 33.3 Å². The molecule has 0 saturated heterocycles. The van der Waals surface area contributed by atoms with Crippen molar-refractivity contribution in [1.82, 2.24) is 9.78 Å². The first-order valence-corrected chi connectivity index (χ1v) is 8.33. The molecule has 5 heteroatoms. The van der Waals surface area contributed by atoms with Crippen LogP contribution in [0.2, 0.25) is 5.02 Å². The van der Waals surface area contributed by atoms with Crippen molar-refractivity contribution in [3.63, 3.8) is 0 Å². The smallest absolute Gasteiger partial charge is 0.170 e. The highest BCUT2D eigenvalue weighted by Crippen LogP contribution is 2.29. The summed E-state index contributed by atoms with van der Waals surface area (Å²) in [6, 6.07) is 7.84. The third-order valence-corrected chi connectivity index (χ3v) is 5.25. The van der Waals surface area contributed by atoms with Gasteiger partial charge in [-0.15, -0.1) is 0 Å². The highest BCUT2D eigenvalue weighted by Gasteiger charge is 2.19. The zero-order valence-electron chi connectivity index (χ0n) is 11.6. The van der Waals surface area contributed by atoms with Gasteiger partial charge in [-0.25, -0.2) is 0 Å². The maximum Gasteiger partial charge on any atom is 0.170 e. The Hall–Kier alpha value is -1.13. The van der Waals surface area contributed by atoms with Gasteiger partial charge < -0.3 is 0 Å². The number of rotatable bonds is 4. The number of Topliss-reactive ketones (excluding diaryl/α,β-unsaturated/α-hetero) is 1. The zero-order chi connectivity index (χ0) is 14.8. The third-order valence-electron chi connectivity index (χ3n) is 3.96. The van der Waals surface area contributed by atoms with E-state index in [0.29, 0.717) is 16.6 Å². The summed E-state index contributed by atoms with van der Waals surface area (Å²) in [6.45, 7) is 0. The van der Waals surface area contributed by atoms with E-state index in [0.717, 1.165) is 10.2 Å². The topological polar surface area (TPSA) is 34.9 Å². The summed E-state index contributed by atoms with van der Waals surface area (Å²) >= 11 is 9.51. The van der Waals surface area contributed by atoms with Gasteiger partial charge in [0.2, 0.25) is 0 Å². The molecule has 1 aromatic heterocycles. The molecule has 0 bridgehead atoms. The lowest BCUT2D eigenvalue weighted by Gasteiger charge is -2.08. The molecular formula is C16H16BrClN2O. The van der Waals surface area contributed by atoms with Crippen LogP contribution in [0.1, 0.15) is 47.8 Å². The maximum absolute atomic E-state index is 12.4. The Morgan fingerprint density at radius 2 is 2.10 bits per heavy atom. The van der Waals surface area contributed by atoms with Crippen LogP contribution in [0.4, 0.5) is 0 Å². The highest BCUT2D eigenvalue weighted by atomic mass is 79.9. The Morgan fingerprint density at radius 1 is 1.33 bits per heavy atom. The second-order valence-electron chi connectivity index (χ2n) is 5.43. The second-order valence-corrected chi connectivity index (χ2v) is 6.66. The Kier molecular flexibility index (Phi) is 4.45. The molecule has 1 aliphatic rings. The molecule has 0 aliphatic heterocycles. The van der Waals surface area contributed by atoms with Crippen LogP contribution in [0, 0.1) is 0 Å². The van der Waals surface area contributed by atoms with E-state index in [1.165, 1.54) is 25.7 Å². The number of carbonyl (C=O) groups is 1. The standard InChI is InChI=1S/C16H16BrClN2O/c17-14-7-3-6-13(16(14)18)15(21)10-11-8-9-20(19-11)12-4-1-2-5-12/h3,6-9,12H,1-2,4-5,10H2. The molecule has 1 saturated carbocycles. The third kappa shape index (κ3) is 3.22. The van der Waals surface area contributed by atoms with E-state index in [1.54, 1.807) is 6.07 Å². The summed E-state index contributed by atoms with van der Waals surface area (Å²) in [5, 5.41) is 5.02. The number of hydrogen-bond acceptors (Lipinski definition) is 2. The number of ketones is 1. The summed E-state index contributed by atoms with van der Waals surface area (Å²) in [7, 11) is 0. The van der Waals surface area contributed by atoms with Gasteiger partial charge in [-0.1, -0.05) is 30.5 Å². The molecule has 3 rings (SSSR count). The molecule has 3 nitrogen and oxygen atoms in total. The monoisotopic (exact) mass is 366 g/mol. The maximum atomic E-state index is 12.4. The molecule has 0 radical (unpaired) electrons. The number of aromatic nitrogens is 2. The molecule has 110 valence electrons. The zero-order valence-corrected chi connectivity index (χ0v) is 13.9. The van der Waals surface area contributed by atoms with Crippen molar-refractivity contribution in [2.24, 2.45) is 0 Å². The molecule has 21 heavy (non-hydrogen) atoms. The molecule has 0 atom stereocenters. The van der Waals surface area contributed by atoms with Gasteiger partial charge in [0, 0.05) is 16.2 Å². The summed E-state index contributed by atoms with van der Waals surface area (Å²) < 4.78 is 2.75. The van der Waals surface area contributed by atoms with Crippen LogP contribution in [0.5, 0.6) is 0 Å². The van der Waals surface area contributed by atoms with E-state index in [4.69, 9.17) is 11.6 Å². The van der Waals surface area contributed by atoms with Crippen molar-refractivity contribution in [2.45, 2.75) is 38.1 Å². The van der Waals surface area contributed by atoms with Crippen LogP contribution >= 0.6 is 27.5 Å². The lowest BCUT2D eigenvalue weighted by atomic mass is 10.1. The predicted molar refractivity (Wildman–Crippen MR) is 86.9 cm³/mol. The molecular weight excluding hydrogens is 352 g/mol.